The van der Waals surface area contributed by atoms with E-state index < -0.39 is 10.0 Å². The molecule has 2 rings (SSSR count). The molecule has 122 valence electrons. The number of amides is 1. The summed E-state index contributed by atoms with van der Waals surface area (Å²) in [6.45, 7) is 4.71. The van der Waals surface area contributed by atoms with Crippen molar-refractivity contribution in [2.45, 2.75) is 11.8 Å². The summed E-state index contributed by atoms with van der Waals surface area (Å²) in [5.74, 6) is -0.147. The Labute approximate surface area is 132 Å². The second-order valence-electron chi connectivity index (χ2n) is 5.76. The first kappa shape index (κ1) is 16.9. The first-order chi connectivity index (χ1) is 10.3. The number of aryl methyl sites for hydroxylation is 1. The van der Waals surface area contributed by atoms with Crippen molar-refractivity contribution in [1.29, 1.82) is 0 Å². The second-order valence-corrected chi connectivity index (χ2v) is 7.80. The van der Waals surface area contributed by atoms with E-state index >= 15 is 0 Å². The molecule has 1 heterocycles. The van der Waals surface area contributed by atoms with Crippen LogP contribution in [0.25, 0.3) is 0 Å². The van der Waals surface area contributed by atoms with Gasteiger partial charge < -0.3 is 9.80 Å². The molecule has 1 fully saturated rings. The zero-order chi connectivity index (χ0) is 16.3. The van der Waals surface area contributed by atoms with Crippen molar-refractivity contribution in [3.05, 3.63) is 29.8 Å². The quantitative estimate of drug-likeness (QED) is 0.803. The Bertz CT molecular complexity index is 620. The van der Waals surface area contributed by atoms with Crippen LogP contribution in [0.1, 0.15) is 5.56 Å². The van der Waals surface area contributed by atoms with Gasteiger partial charge in [0, 0.05) is 33.2 Å². The summed E-state index contributed by atoms with van der Waals surface area (Å²) in [6.07, 6.45) is 0. The van der Waals surface area contributed by atoms with E-state index in [1.165, 1.54) is 7.05 Å². The summed E-state index contributed by atoms with van der Waals surface area (Å²) < 4.78 is 26.0. The van der Waals surface area contributed by atoms with Gasteiger partial charge in [0.1, 0.15) is 0 Å². The molecule has 1 aliphatic rings. The number of hydrogen-bond donors (Lipinski definition) is 0. The van der Waals surface area contributed by atoms with Crippen LogP contribution < -0.4 is 0 Å². The summed E-state index contributed by atoms with van der Waals surface area (Å²) >= 11 is 0. The normalized spacial score (nSPS) is 17.0. The third-order valence-electron chi connectivity index (χ3n) is 3.94. The lowest BCUT2D eigenvalue weighted by molar-refractivity contribution is -0.132. The van der Waals surface area contributed by atoms with Crippen LogP contribution in [0, 0.1) is 6.92 Å². The number of carbonyl (C=O) groups excluding carboxylic acids is 1. The van der Waals surface area contributed by atoms with E-state index in [0.29, 0.717) is 13.1 Å². The standard InChI is InChI=1S/C15H23N3O3S/c1-13-4-6-14(7-5-13)22(20,21)17(3)12-15(19)18-10-8-16(2)9-11-18/h4-7H,8-12H2,1-3H3. The van der Waals surface area contributed by atoms with E-state index in [1.807, 2.05) is 14.0 Å². The van der Waals surface area contributed by atoms with E-state index in [-0.39, 0.29) is 17.3 Å². The van der Waals surface area contributed by atoms with Gasteiger partial charge >= 0.3 is 0 Å². The zero-order valence-corrected chi connectivity index (χ0v) is 14.1. The third kappa shape index (κ3) is 3.85. The number of hydrogen-bond acceptors (Lipinski definition) is 4. The maximum absolute atomic E-state index is 12.5. The van der Waals surface area contributed by atoms with Gasteiger partial charge in [0.25, 0.3) is 0 Å². The Morgan fingerprint density at radius 2 is 1.68 bits per heavy atom. The summed E-state index contributed by atoms with van der Waals surface area (Å²) in [6, 6.07) is 6.65. The number of nitrogens with zero attached hydrogens (tertiary/aromatic N) is 3. The number of rotatable bonds is 4. The minimum Gasteiger partial charge on any atom is -0.339 e. The summed E-state index contributed by atoms with van der Waals surface area (Å²) in [5.41, 5.74) is 0.995. The van der Waals surface area contributed by atoms with Gasteiger partial charge in [-0.1, -0.05) is 17.7 Å². The van der Waals surface area contributed by atoms with Crippen LogP contribution >= 0.6 is 0 Å². The topological polar surface area (TPSA) is 60.9 Å². The number of benzene rings is 1. The lowest BCUT2D eigenvalue weighted by atomic mass is 10.2. The Kier molecular flexibility index (Phi) is 5.20. The van der Waals surface area contributed by atoms with Gasteiger partial charge in [-0.25, -0.2) is 8.42 Å². The summed E-state index contributed by atoms with van der Waals surface area (Å²) in [4.78, 5) is 16.3. The largest absolute Gasteiger partial charge is 0.339 e. The molecule has 22 heavy (non-hydrogen) atoms. The van der Waals surface area contributed by atoms with Crippen molar-refractivity contribution in [1.82, 2.24) is 14.1 Å². The first-order valence-corrected chi connectivity index (χ1v) is 8.74. The number of carbonyl (C=O) groups is 1. The van der Waals surface area contributed by atoms with Gasteiger partial charge in [-0.2, -0.15) is 4.31 Å². The van der Waals surface area contributed by atoms with E-state index in [2.05, 4.69) is 4.90 Å². The van der Waals surface area contributed by atoms with Gasteiger partial charge in [-0.05, 0) is 26.1 Å². The summed E-state index contributed by atoms with van der Waals surface area (Å²) in [7, 11) is -0.168. The average Bonchev–Trinajstić information content (AvgIpc) is 2.48. The third-order valence-corrected chi connectivity index (χ3v) is 5.76. The van der Waals surface area contributed by atoms with Gasteiger partial charge in [0.05, 0.1) is 11.4 Å². The van der Waals surface area contributed by atoms with E-state index in [4.69, 9.17) is 0 Å². The fraction of sp³-hybridized carbons (Fsp3) is 0.533. The molecule has 0 spiro atoms. The number of sulfonamides is 1. The molecule has 1 aliphatic heterocycles. The van der Waals surface area contributed by atoms with Crippen LogP contribution in [0.2, 0.25) is 0 Å². The molecule has 1 aromatic carbocycles. The molecule has 0 bridgehead atoms. The fourth-order valence-corrected chi connectivity index (χ4v) is 3.44. The molecule has 1 saturated heterocycles. The monoisotopic (exact) mass is 325 g/mol. The molecule has 0 unspecified atom stereocenters. The van der Waals surface area contributed by atoms with Crippen LogP contribution in [0.3, 0.4) is 0 Å². The van der Waals surface area contributed by atoms with Crippen LogP contribution in [0.4, 0.5) is 0 Å². The van der Waals surface area contributed by atoms with Crippen molar-refractivity contribution >= 4 is 15.9 Å². The van der Waals surface area contributed by atoms with Gasteiger partial charge in [0.15, 0.2) is 0 Å². The highest BCUT2D eigenvalue weighted by atomic mass is 32.2. The predicted octanol–water partition coefficient (Wildman–Crippen LogP) is 0.390. The second kappa shape index (κ2) is 6.76. The molecular formula is C15H23N3O3S. The minimum absolute atomic E-state index is 0.125. The molecule has 0 saturated carbocycles. The van der Waals surface area contributed by atoms with E-state index in [1.54, 1.807) is 29.2 Å². The maximum Gasteiger partial charge on any atom is 0.243 e. The van der Waals surface area contributed by atoms with Crippen molar-refractivity contribution in [3.8, 4) is 0 Å². The lowest BCUT2D eigenvalue weighted by Gasteiger charge is -2.33. The first-order valence-electron chi connectivity index (χ1n) is 7.30. The smallest absolute Gasteiger partial charge is 0.243 e. The molecule has 6 nitrogen and oxygen atoms in total. The highest BCUT2D eigenvalue weighted by Crippen LogP contribution is 2.15. The zero-order valence-electron chi connectivity index (χ0n) is 13.3. The Morgan fingerprint density at radius 1 is 1.14 bits per heavy atom. The molecule has 0 aromatic heterocycles. The molecular weight excluding hydrogens is 302 g/mol. The molecule has 0 aliphatic carbocycles. The highest BCUT2D eigenvalue weighted by Gasteiger charge is 2.26. The van der Waals surface area contributed by atoms with Crippen LogP contribution in [-0.2, 0) is 14.8 Å². The molecule has 0 N–H and O–H groups in total. The molecule has 1 amide bonds. The van der Waals surface area contributed by atoms with Crippen LogP contribution in [-0.4, -0.2) is 75.2 Å². The van der Waals surface area contributed by atoms with E-state index in [9.17, 15) is 13.2 Å². The van der Waals surface area contributed by atoms with Crippen molar-refractivity contribution in [3.63, 3.8) is 0 Å². The predicted molar refractivity (Wildman–Crippen MR) is 85.1 cm³/mol. The van der Waals surface area contributed by atoms with Crippen LogP contribution in [0.5, 0.6) is 0 Å². The molecule has 0 radical (unpaired) electrons. The van der Waals surface area contributed by atoms with Gasteiger partial charge in [-0.3, -0.25) is 4.79 Å². The number of likely N-dealkylation sites (N-methyl/N-ethyl adjacent to an activating group) is 2. The highest BCUT2D eigenvalue weighted by molar-refractivity contribution is 7.89. The van der Waals surface area contributed by atoms with Crippen molar-refractivity contribution in [2.75, 3.05) is 46.8 Å². The minimum atomic E-state index is -3.62. The lowest BCUT2D eigenvalue weighted by Crippen LogP contribution is -2.50. The maximum atomic E-state index is 12.5. The number of piperazine rings is 1. The summed E-state index contributed by atoms with van der Waals surface area (Å²) in [5, 5.41) is 0. The SMILES string of the molecule is Cc1ccc(S(=O)(=O)N(C)CC(=O)N2CCN(C)CC2)cc1. The van der Waals surface area contributed by atoms with Gasteiger partial charge in [-0.15, -0.1) is 0 Å². The molecule has 7 heteroatoms. The van der Waals surface area contributed by atoms with Crippen molar-refractivity contribution < 1.29 is 13.2 Å². The molecule has 0 atom stereocenters. The van der Waals surface area contributed by atoms with Gasteiger partial charge in [0.2, 0.25) is 15.9 Å². The molecule has 1 aromatic rings. The Morgan fingerprint density at radius 3 is 2.23 bits per heavy atom. The fourth-order valence-electron chi connectivity index (χ4n) is 2.32. The van der Waals surface area contributed by atoms with Crippen LogP contribution in [0.15, 0.2) is 29.2 Å². The Hall–Kier alpha value is -1.44. The van der Waals surface area contributed by atoms with E-state index in [0.717, 1.165) is 23.0 Å². The van der Waals surface area contributed by atoms with Crippen molar-refractivity contribution in [2.24, 2.45) is 0 Å². The average molecular weight is 325 g/mol. The Balaban J connectivity index is 2.03.